The molecule has 47 heavy (non-hydrogen) atoms. The first kappa shape index (κ1) is 44.7. The molecule has 0 aliphatic heterocycles. The fourth-order valence-electron chi connectivity index (χ4n) is 3.86. The smallest absolute Gasteiger partial charge is 0.549 e. The van der Waals surface area contributed by atoms with E-state index in [0.717, 1.165) is 16.7 Å². The van der Waals surface area contributed by atoms with Crippen LogP contribution in [0.15, 0.2) is 91.0 Å². The summed E-state index contributed by atoms with van der Waals surface area (Å²) in [4.78, 5) is 62.6. The maximum absolute atomic E-state index is 10.4. The predicted molar refractivity (Wildman–Crippen MR) is 156 cm³/mol. The third-order valence-corrected chi connectivity index (χ3v) is 6.40. The normalized spacial score (nSPS) is 9.77. The van der Waals surface area contributed by atoms with E-state index in [4.69, 9.17) is 0 Å². The zero-order valence-corrected chi connectivity index (χ0v) is 27.5. The van der Waals surface area contributed by atoms with Crippen LogP contribution in [-0.2, 0) is 48.0 Å². The second-order valence-corrected chi connectivity index (χ2v) is 9.64. The van der Waals surface area contributed by atoms with Crippen LogP contribution in [0, 0.1) is 17.8 Å². The minimum Gasteiger partial charge on any atom is -0.549 e. The van der Waals surface area contributed by atoms with E-state index in [-0.39, 0.29) is 54.0 Å². The third kappa shape index (κ3) is 19.0. The van der Waals surface area contributed by atoms with Crippen molar-refractivity contribution in [2.75, 3.05) is 0 Å². The molecule has 0 aliphatic carbocycles. The maximum atomic E-state index is 10.4. The van der Waals surface area contributed by atoms with Crippen molar-refractivity contribution in [3.05, 3.63) is 108 Å². The summed E-state index contributed by atoms with van der Waals surface area (Å²) in [5, 5.41) is 62.6. The van der Waals surface area contributed by atoms with Gasteiger partial charge in [0.1, 0.15) is 0 Å². The fourth-order valence-corrected chi connectivity index (χ4v) is 3.86. The van der Waals surface area contributed by atoms with Crippen molar-refractivity contribution < 1.29 is 59.4 Å². The fraction of sp³-hybridized carbons (Fsp3) is 0.273. The topological polar surface area (TPSA) is 241 Å². The SMILES string of the molecule is O=C([O-])C(CCc1ccccc1)C(=O)[O-].O=C([O-])C(CCc1ccccc1)C(=O)[O-].O=C([O-])C(CCc1ccccc1)C(=O)[O-].[Al+3].[Al+3]. The van der Waals surface area contributed by atoms with Gasteiger partial charge >= 0.3 is 34.7 Å². The van der Waals surface area contributed by atoms with E-state index < -0.39 is 53.6 Å². The van der Waals surface area contributed by atoms with Gasteiger partial charge in [-0.3, -0.25) is 0 Å². The number of benzene rings is 3. The Balaban J connectivity index is 0. The van der Waals surface area contributed by atoms with E-state index in [1.54, 1.807) is 0 Å². The van der Waals surface area contributed by atoms with Crippen molar-refractivity contribution >= 4 is 70.5 Å². The summed E-state index contributed by atoms with van der Waals surface area (Å²) >= 11 is 0. The Bertz CT molecular complexity index is 1170. The van der Waals surface area contributed by atoms with Crippen molar-refractivity contribution in [1.29, 1.82) is 0 Å². The second kappa shape index (κ2) is 24.7. The molecule has 0 fully saturated rings. The quantitative estimate of drug-likeness (QED) is 0.110. The molecule has 0 aliphatic rings. The molecular formula is C33H30Al2O12. The number of carbonyl (C=O) groups excluding carboxylic acids is 6. The zero-order chi connectivity index (χ0) is 33.8. The molecule has 0 radical (unpaired) electrons. The van der Waals surface area contributed by atoms with Gasteiger partial charge in [-0.25, -0.2) is 0 Å². The molecular weight excluding hydrogens is 642 g/mol. The number of carboxylic acid groups (broad SMARTS) is 6. The number of carbonyl (C=O) groups is 6. The summed E-state index contributed by atoms with van der Waals surface area (Å²) in [6.45, 7) is 0. The van der Waals surface area contributed by atoms with Crippen molar-refractivity contribution in [3.63, 3.8) is 0 Å². The number of aryl methyl sites for hydroxylation is 3. The molecule has 0 unspecified atom stereocenters. The van der Waals surface area contributed by atoms with Gasteiger partial charge < -0.3 is 59.4 Å². The van der Waals surface area contributed by atoms with E-state index in [0.29, 0.717) is 19.3 Å². The molecule has 0 bridgehead atoms. The van der Waals surface area contributed by atoms with Crippen molar-refractivity contribution in [2.24, 2.45) is 17.8 Å². The summed E-state index contributed by atoms with van der Waals surface area (Å²) in [6.07, 6.45) is 1.13. The van der Waals surface area contributed by atoms with Crippen LogP contribution in [0.3, 0.4) is 0 Å². The third-order valence-electron chi connectivity index (χ3n) is 6.40. The Hall–Kier alpha value is -4.46. The first-order chi connectivity index (χ1) is 21.3. The van der Waals surface area contributed by atoms with Crippen molar-refractivity contribution in [2.45, 2.75) is 38.5 Å². The molecule has 240 valence electrons. The van der Waals surface area contributed by atoms with E-state index in [1.165, 1.54) is 0 Å². The van der Waals surface area contributed by atoms with Gasteiger partial charge in [-0.1, -0.05) is 91.0 Å². The average molecular weight is 673 g/mol. The minimum absolute atomic E-state index is 0. The number of aliphatic carboxylic acids is 6. The average Bonchev–Trinajstić information content (AvgIpc) is 2.99. The van der Waals surface area contributed by atoms with Gasteiger partial charge in [0.05, 0.1) is 35.8 Å². The van der Waals surface area contributed by atoms with Crippen LogP contribution in [0.4, 0.5) is 0 Å². The molecule has 0 atom stereocenters. The van der Waals surface area contributed by atoms with E-state index in [2.05, 4.69) is 0 Å². The van der Waals surface area contributed by atoms with Gasteiger partial charge in [-0.05, 0) is 55.2 Å². The van der Waals surface area contributed by atoms with Gasteiger partial charge in [0.25, 0.3) is 0 Å². The first-order valence-electron chi connectivity index (χ1n) is 13.7. The number of hydrogen-bond donors (Lipinski definition) is 0. The molecule has 3 rings (SSSR count). The van der Waals surface area contributed by atoms with Crippen molar-refractivity contribution in [3.8, 4) is 0 Å². The summed E-state index contributed by atoms with van der Waals surface area (Å²) in [5.74, 6) is -14.2. The Kier molecular flexibility index (Phi) is 23.5. The van der Waals surface area contributed by atoms with E-state index in [9.17, 15) is 59.4 Å². The molecule has 0 amide bonds. The first-order valence-corrected chi connectivity index (χ1v) is 13.7. The van der Waals surface area contributed by atoms with Gasteiger partial charge in [0, 0.05) is 17.8 Å². The molecule has 0 heterocycles. The molecule has 14 heteroatoms. The van der Waals surface area contributed by atoms with Crippen LogP contribution in [0.5, 0.6) is 0 Å². The Morgan fingerprint density at radius 1 is 0.362 bits per heavy atom. The number of carboxylic acids is 6. The molecule has 0 spiro atoms. The van der Waals surface area contributed by atoms with Crippen LogP contribution >= 0.6 is 0 Å². The van der Waals surface area contributed by atoms with Crippen molar-refractivity contribution in [1.82, 2.24) is 0 Å². The standard InChI is InChI=1S/3C11H12O4.2Al/c3*12-10(13)9(11(14)15)7-6-8-4-2-1-3-5-8;;/h3*1-5,9H,6-7H2,(H,12,13)(H,14,15);;/q;;;2*+3/p-6. The van der Waals surface area contributed by atoms with Crippen LogP contribution < -0.4 is 30.6 Å². The molecule has 0 saturated carbocycles. The van der Waals surface area contributed by atoms with Crippen LogP contribution in [0.1, 0.15) is 36.0 Å². The number of rotatable bonds is 15. The molecule has 0 aromatic heterocycles. The Morgan fingerprint density at radius 3 is 0.681 bits per heavy atom. The van der Waals surface area contributed by atoms with Crippen LogP contribution in [0.25, 0.3) is 0 Å². The van der Waals surface area contributed by atoms with Crippen LogP contribution in [0.2, 0.25) is 0 Å². The van der Waals surface area contributed by atoms with Gasteiger partial charge in [0.2, 0.25) is 0 Å². The summed E-state index contributed by atoms with van der Waals surface area (Å²) in [5.41, 5.74) is 2.68. The summed E-state index contributed by atoms with van der Waals surface area (Å²) in [6, 6.07) is 27.2. The molecule has 0 N–H and O–H groups in total. The van der Waals surface area contributed by atoms with Crippen LogP contribution in [-0.4, -0.2) is 70.5 Å². The Morgan fingerprint density at radius 2 is 0.532 bits per heavy atom. The zero-order valence-electron chi connectivity index (χ0n) is 25.2. The monoisotopic (exact) mass is 672 g/mol. The van der Waals surface area contributed by atoms with E-state index >= 15 is 0 Å². The molecule has 0 saturated heterocycles. The predicted octanol–water partition coefficient (Wildman–Crippen LogP) is -4.56. The largest absolute Gasteiger partial charge is 3.00 e. The summed E-state index contributed by atoms with van der Waals surface area (Å²) in [7, 11) is 0. The molecule has 12 nitrogen and oxygen atoms in total. The maximum Gasteiger partial charge on any atom is 3.00 e. The minimum atomic E-state index is -1.59. The van der Waals surface area contributed by atoms with Gasteiger partial charge in [-0.2, -0.15) is 0 Å². The van der Waals surface area contributed by atoms with Gasteiger partial charge in [-0.15, -0.1) is 0 Å². The number of hydrogen-bond acceptors (Lipinski definition) is 12. The summed E-state index contributed by atoms with van der Waals surface area (Å²) < 4.78 is 0. The molecule has 3 aromatic carbocycles. The Labute approximate surface area is 293 Å². The van der Waals surface area contributed by atoms with Gasteiger partial charge in [0.15, 0.2) is 0 Å². The molecule has 3 aromatic rings. The second-order valence-electron chi connectivity index (χ2n) is 9.64. The van der Waals surface area contributed by atoms with E-state index in [1.807, 2.05) is 91.0 Å².